The molecule has 0 N–H and O–H groups in total. The number of aryl methyl sites for hydroxylation is 1. The van der Waals surface area contributed by atoms with Crippen molar-refractivity contribution < 1.29 is 4.79 Å². The Balaban J connectivity index is 1.48. The van der Waals surface area contributed by atoms with E-state index in [1.807, 2.05) is 29.3 Å². The molecule has 0 aliphatic carbocycles. The van der Waals surface area contributed by atoms with Gasteiger partial charge in [-0.2, -0.15) is 0 Å². The molecule has 7 heteroatoms. The van der Waals surface area contributed by atoms with E-state index in [0.717, 1.165) is 38.0 Å². The predicted octanol–water partition coefficient (Wildman–Crippen LogP) is 6.83. The number of carbonyl (C=O) groups excluding carboxylic acids is 1. The maximum absolute atomic E-state index is 13.3. The van der Waals surface area contributed by atoms with Gasteiger partial charge in [-0.05, 0) is 61.2 Å². The molecule has 164 valence electrons. The van der Waals surface area contributed by atoms with Crippen molar-refractivity contribution in [1.29, 1.82) is 0 Å². The van der Waals surface area contributed by atoms with Crippen LogP contribution in [0.5, 0.6) is 0 Å². The molecule has 0 bridgehead atoms. The predicted molar refractivity (Wildman–Crippen MR) is 138 cm³/mol. The molecule has 4 rings (SSSR count). The SMILES string of the molecule is CSc1cccc2sc(N(Cc3cccnc3)C(=O)CCCSc3ccc(C)cc3)nc12. The normalized spacial score (nSPS) is 11.1. The van der Waals surface area contributed by atoms with Gasteiger partial charge in [0, 0.05) is 28.6 Å². The number of hydrogen-bond donors (Lipinski definition) is 0. The van der Waals surface area contributed by atoms with Crippen LogP contribution < -0.4 is 4.90 Å². The van der Waals surface area contributed by atoms with Crippen LogP contribution in [0.2, 0.25) is 0 Å². The standard InChI is InChI=1S/C25H25N3OS3/c1-18-10-12-20(13-11-18)31-15-5-9-23(29)28(17-19-6-4-14-26-16-19)25-27-24-21(30-2)7-3-8-22(24)32-25/h3-4,6-8,10-14,16H,5,9,15,17H2,1-2H3. The molecule has 2 aromatic carbocycles. The van der Waals surface area contributed by atoms with Crippen LogP contribution in [0.25, 0.3) is 10.2 Å². The number of amides is 1. The average Bonchev–Trinajstić information content (AvgIpc) is 3.26. The second-order valence-electron chi connectivity index (χ2n) is 7.41. The van der Waals surface area contributed by atoms with E-state index in [0.29, 0.717) is 13.0 Å². The first kappa shape index (κ1) is 22.8. The fourth-order valence-corrected chi connectivity index (χ4v) is 5.80. The van der Waals surface area contributed by atoms with Gasteiger partial charge in [0.15, 0.2) is 5.13 Å². The Bertz CT molecular complexity index is 1180. The molecule has 4 nitrogen and oxygen atoms in total. The highest BCUT2D eigenvalue weighted by atomic mass is 32.2. The second-order valence-corrected chi connectivity index (χ2v) is 10.4. The topological polar surface area (TPSA) is 46.1 Å². The summed E-state index contributed by atoms with van der Waals surface area (Å²) in [6.07, 6.45) is 6.93. The van der Waals surface area contributed by atoms with Crippen molar-refractivity contribution in [3.05, 3.63) is 78.1 Å². The highest BCUT2D eigenvalue weighted by Gasteiger charge is 2.21. The number of anilines is 1. The summed E-state index contributed by atoms with van der Waals surface area (Å²) >= 11 is 5.05. The van der Waals surface area contributed by atoms with E-state index in [-0.39, 0.29) is 5.91 Å². The second kappa shape index (κ2) is 11.0. The number of benzene rings is 2. The van der Waals surface area contributed by atoms with Crippen LogP contribution in [0.3, 0.4) is 0 Å². The Kier molecular flexibility index (Phi) is 7.84. The summed E-state index contributed by atoms with van der Waals surface area (Å²) < 4.78 is 1.10. The molecule has 0 saturated carbocycles. The average molecular weight is 480 g/mol. The minimum absolute atomic E-state index is 0.100. The first-order chi connectivity index (χ1) is 15.6. The summed E-state index contributed by atoms with van der Waals surface area (Å²) in [6, 6.07) is 18.6. The molecule has 0 fully saturated rings. The molecule has 2 aromatic heterocycles. The lowest BCUT2D eigenvalue weighted by Gasteiger charge is -2.20. The molecule has 0 atom stereocenters. The maximum atomic E-state index is 13.3. The van der Waals surface area contributed by atoms with E-state index >= 15 is 0 Å². The molecule has 0 radical (unpaired) electrons. The van der Waals surface area contributed by atoms with E-state index in [2.05, 4.69) is 54.6 Å². The van der Waals surface area contributed by atoms with Gasteiger partial charge in [-0.1, -0.05) is 41.2 Å². The molecule has 32 heavy (non-hydrogen) atoms. The van der Waals surface area contributed by atoms with Crippen molar-refractivity contribution in [2.24, 2.45) is 0 Å². The highest BCUT2D eigenvalue weighted by molar-refractivity contribution is 7.99. The Morgan fingerprint density at radius 3 is 2.69 bits per heavy atom. The van der Waals surface area contributed by atoms with Crippen LogP contribution in [0.15, 0.2) is 76.8 Å². The zero-order valence-corrected chi connectivity index (χ0v) is 20.6. The zero-order valence-electron chi connectivity index (χ0n) is 18.2. The number of aromatic nitrogens is 2. The fourth-order valence-electron chi connectivity index (χ4n) is 3.31. The first-order valence-corrected chi connectivity index (χ1v) is 13.5. The smallest absolute Gasteiger partial charge is 0.229 e. The Morgan fingerprint density at radius 1 is 1.09 bits per heavy atom. The van der Waals surface area contributed by atoms with E-state index in [9.17, 15) is 4.79 Å². The molecule has 0 unspecified atom stereocenters. The molecule has 0 saturated heterocycles. The molecule has 0 aliphatic rings. The Morgan fingerprint density at radius 2 is 1.94 bits per heavy atom. The fraction of sp³-hybridized carbons (Fsp3) is 0.240. The third-order valence-electron chi connectivity index (χ3n) is 5.01. The molecular formula is C25H25N3OS3. The molecule has 4 aromatic rings. The lowest BCUT2D eigenvalue weighted by atomic mass is 10.2. The van der Waals surface area contributed by atoms with E-state index in [1.165, 1.54) is 10.5 Å². The third-order valence-corrected chi connectivity index (χ3v) is 7.92. The van der Waals surface area contributed by atoms with Crippen molar-refractivity contribution >= 4 is 56.1 Å². The zero-order chi connectivity index (χ0) is 22.3. The van der Waals surface area contributed by atoms with Crippen LogP contribution >= 0.6 is 34.9 Å². The van der Waals surface area contributed by atoms with Gasteiger partial charge in [-0.25, -0.2) is 4.98 Å². The van der Waals surface area contributed by atoms with Gasteiger partial charge in [0.25, 0.3) is 0 Å². The lowest BCUT2D eigenvalue weighted by molar-refractivity contribution is -0.118. The number of thioether (sulfide) groups is 2. The summed E-state index contributed by atoms with van der Waals surface area (Å²) in [6.45, 7) is 2.57. The van der Waals surface area contributed by atoms with Crippen LogP contribution in [0.4, 0.5) is 5.13 Å². The van der Waals surface area contributed by atoms with Crippen LogP contribution in [-0.4, -0.2) is 27.9 Å². The molecule has 2 heterocycles. The summed E-state index contributed by atoms with van der Waals surface area (Å²) in [7, 11) is 0. The number of fused-ring (bicyclic) bond motifs is 1. The number of para-hydroxylation sites is 1. The van der Waals surface area contributed by atoms with Gasteiger partial charge >= 0.3 is 0 Å². The van der Waals surface area contributed by atoms with Crippen LogP contribution in [0, 0.1) is 6.92 Å². The van der Waals surface area contributed by atoms with Gasteiger partial charge in [-0.3, -0.25) is 14.7 Å². The van der Waals surface area contributed by atoms with Crippen LogP contribution in [-0.2, 0) is 11.3 Å². The number of rotatable bonds is 9. The number of hydrogen-bond acceptors (Lipinski definition) is 6. The third kappa shape index (κ3) is 5.71. The van der Waals surface area contributed by atoms with Gasteiger partial charge in [0.1, 0.15) is 0 Å². The Hall–Kier alpha value is -2.35. The van der Waals surface area contributed by atoms with E-state index in [1.54, 1.807) is 41.1 Å². The van der Waals surface area contributed by atoms with Gasteiger partial charge in [-0.15, -0.1) is 23.5 Å². The Labute approximate surface area is 201 Å². The lowest BCUT2D eigenvalue weighted by Crippen LogP contribution is -2.30. The first-order valence-electron chi connectivity index (χ1n) is 10.5. The monoisotopic (exact) mass is 479 g/mol. The summed E-state index contributed by atoms with van der Waals surface area (Å²) in [5, 5.41) is 0.751. The minimum Gasteiger partial charge on any atom is -0.284 e. The van der Waals surface area contributed by atoms with Gasteiger partial charge in [0.05, 0.1) is 16.8 Å². The van der Waals surface area contributed by atoms with Crippen molar-refractivity contribution in [3.8, 4) is 0 Å². The quantitative estimate of drug-likeness (QED) is 0.194. The van der Waals surface area contributed by atoms with E-state index in [4.69, 9.17) is 4.98 Å². The molecular weight excluding hydrogens is 454 g/mol. The summed E-state index contributed by atoms with van der Waals surface area (Å²) in [5.74, 6) is 1.01. The van der Waals surface area contributed by atoms with Crippen molar-refractivity contribution in [3.63, 3.8) is 0 Å². The van der Waals surface area contributed by atoms with Crippen molar-refractivity contribution in [2.45, 2.75) is 36.1 Å². The van der Waals surface area contributed by atoms with Gasteiger partial charge in [0.2, 0.25) is 5.91 Å². The summed E-state index contributed by atoms with van der Waals surface area (Å²) in [4.78, 5) is 26.6. The molecule has 1 amide bonds. The number of thiazole rings is 1. The maximum Gasteiger partial charge on any atom is 0.229 e. The van der Waals surface area contributed by atoms with Crippen LogP contribution in [0.1, 0.15) is 24.0 Å². The highest BCUT2D eigenvalue weighted by Crippen LogP contribution is 2.35. The largest absolute Gasteiger partial charge is 0.284 e. The minimum atomic E-state index is 0.100. The number of pyridine rings is 1. The van der Waals surface area contributed by atoms with E-state index < -0.39 is 0 Å². The summed E-state index contributed by atoms with van der Waals surface area (Å²) in [5.41, 5.74) is 3.23. The number of nitrogens with zero attached hydrogens (tertiary/aromatic N) is 3. The van der Waals surface area contributed by atoms with Gasteiger partial charge < -0.3 is 0 Å². The van der Waals surface area contributed by atoms with Crippen molar-refractivity contribution in [2.75, 3.05) is 16.9 Å². The molecule has 0 spiro atoms. The molecule has 0 aliphatic heterocycles. The number of carbonyl (C=O) groups is 1. The van der Waals surface area contributed by atoms with Crippen molar-refractivity contribution in [1.82, 2.24) is 9.97 Å².